The zero-order chi connectivity index (χ0) is 15.3. The summed E-state index contributed by atoms with van der Waals surface area (Å²) >= 11 is 3.28. The first kappa shape index (κ1) is 16.6. The van der Waals surface area contributed by atoms with Crippen LogP contribution < -0.4 is 0 Å². The van der Waals surface area contributed by atoms with Crippen molar-refractivity contribution in [2.45, 2.75) is 45.9 Å². The number of aldehydes is 1. The van der Waals surface area contributed by atoms with Crippen molar-refractivity contribution in [3.63, 3.8) is 0 Å². The Morgan fingerprint density at radius 1 is 1.50 bits per heavy atom. The first-order valence-electron chi connectivity index (χ1n) is 6.29. The number of hydrogen-bond donors (Lipinski definition) is 0. The van der Waals surface area contributed by atoms with Crippen molar-refractivity contribution in [2.75, 3.05) is 0 Å². The van der Waals surface area contributed by atoms with Crippen LogP contribution in [0.25, 0.3) is 0 Å². The maximum absolute atomic E-state index is 12.2. The smallest absolute Gasteiger partial charge is 0.411 e. The van der Waals surface area contributed by atoms with Crippen molar-refractivity contribution in [1.29, 1.82) is 0 Å². The van der Waals surface area contributed by atoms with Gasteiger partial charge in [-0.1, -0.05) is 6.07 Å². The number of halogens is 1. The molecular weight excluding hydrogens is 324 g/mol. The highest BCUT2D eigenvalue weighted by Gasteiger charge is 2.26. The molecule has 0 fully saturated rings. The van der Waals surface area contributed by atoms with E-state index in [1.807, 2.05) is 6.07 Å². The van der Waals surface area contributed by atoms with E-state index in [1.54, 1.807) is 39.8 Å². The fourth-order valence-corrected chi connectivity index (χ4v) is 1.86. The highest BCUT2D eigenvalue weighted by molar-refractivity contribution is 9.10. The Bertz CT molecular complexity index is 486. The number of aromatic nitrogens is 1. The Kier molecular flexibility index (Phi) is 5.68. The number of carbonyl (C=O) groups excluding carboxylic acids is 2. The molecule has 1 heterocycles. The second-order valence-electron chi connectivity index (χ2n) is 5.44. The Morgan fingerprint density at radius 3 is 2.65 bits per heavy atom. The highest BCUT2D eigenvalue weighted by atomic mass is 79.9. The van der Waals surface area contributed by atoms with Gasteiger partial charge >= 0.3 is 6.09 Å². The van der Waals surface area contributed by atoms with Crippen molar-refractivity contribution in [2.24, 2.45) is 0 Å². The van der Waals surface area contributed by atoms with Gasteiger partial charge in [0.05, 0.1) is 18.3 Å². The molecule has 1 amide bonds. The summed E-state index contributed by atoms with van der Waals surface area (Å²) in [5, 5.41) is 0. The van der Waals surface area contributed by atoms with E-state index in [0.717, 1.165) is 0 Å². The third-order valence-corrected chi connectivity index (χ3v) is 2.86. The minimum absolute atomic E-state index is 0.217. The van der Waals surface area contributed by atoms with Gasteiger partial charge in [0.1, 0.15) is 16.5 Å². The third-order valence-electron chi connectivity index (χ3n) is 2.42. The SMILES string of the molecule is CC(C=O)N(Cc1cccc(Br)n1)C(=O)OC(C)(C)C. The number of nitrogens with zero attached hydrogens (tertiary/aromatic N) is 2. The average Bonchev–Trinajstić information content (AvgIpc) is 2.33. The Balaban J connectivity index is 2.90. The first-order chi connectivity index (χ1) is 9.23. The lowest BCUT2D eigenvalue weighted by Gasteiger charge is -2.29. The van der Waals surface area contributed by atoms with Gasteiger partial charge in [-0.2, -0.15) is 0 Å². The van der Waals surface area contributed by atoms with E-state index in [1.165, 1.54) is 4.90 Å². The van der Waals surface area contributed by atoms with Gasteiger partial charge in [0.25, 0.3) is 0 Å². The van der Waals surface area contributed by atoms with Crippen LogP contribution in [0.2, 0.25) is 0 Å². The zero-order valence-corrected chi connectivity index (χ0v) is 13.7. The largest absolute Gasteiger partial charge is 0.444 e. The van der Waals surface area contributed by atoms with Gasteiger partial charge in [-0.05, 0) is 55.8 Å². The molecule has 0 saturated heterocycles. The predicted octanol–water partition coefficient (Wildman–Crippen LogP) is 3.17. The number of hydrogen-bond acceptors (Lipinski definition) is 4. The molecule has 0 saturated carbocycles. The number of rotatable bonds is 4. The van der Waals surface area contributed by atoms with Crippen LogP contribution in [0.3, 0.4) is 0 Å². The topological polar surface area (TPSA) is 59.5 Å². The van der Waals surface area contributed by atoms with Crippen molar-refractivity contribution >= 4 is 28.3 Å². The van der Waals surface area contributed by atoms with Crippen molar-refractivity contribution < 1.29 is 14.3 Å². The minimum Gasteiger partial charge on any atom is -0.444 e. The van der Waals surface area contributed by atoms with Crippen LogP contribution in [0.15, 0.2) is 22.8 Å². The van der Waals surface area contributed by atoms with Crippen LogP contribution in [0, 0.1) is 0 Å². The van der Waals surface area contributed by atoms with Crippen molar-refractivity contribution in [1.82, 2.24) is 9.88 Å². The molecule has 110 valence electrons. The van der Waals surface area contributed by atoms with E-state index >= 15 is 0 Å². The average molecular weight is 343 g/mol. The lowest BCUT2D eigenvalue weighted by Crippen LogP contribution is -2.42. The summed E-state index contributed by atoms with van der Waals surface area (Å²) in [5.74, 6) is 0. The Labute approximate surface area is 127 Å². The monoisotopic (exact) mass is 342 g/mol. The molecule has 20 heavy (non-hydrogen) atoms. The molecule has 0 aliphatic heterocycles. The van der Waals surface area contributed by atoms with E-state index in [9.17, 15) is 9.59 Å². The van der Waals surface area contributed by atoms with Crippen LogP contribution >= 0.6 is 15.9 Å². The molecule has 1 rings (SSSR count). The molecule has 0 spiro atoms. The normalized spacial score (nSPS) is 12.7. The first-order valence-corrected chi connectivity index (χ1v) is 7.08. The standard InChI is InChI=1S/C14H19BrN2O3/c1-10(9-18)17(13(19)20-14(2,3)4)8-11-6-5-7-12(15)16-11/h5-7,9-10H,8H2,1-4H3. The van der Waals surface area contributed by atoms with Crippen LogP contribution in [-0.4, -0.2) is 33.9 Å². The summed E-state index contributed by atoms with van der Waals surface area (Å²) < 4.78 is 5.99. The fourth-order valence-electron chi connectivity index (χ4n) is 1.48. The summed E-state index contributed by atoms with van der Waals surface area (Å²) in [7, 11) is 0. The van der Waals surface area contributed by atoms with Gasteiger partial charge in [0.2, 0.25) is 0 Å². The second-order valence-corrected chi connectivity index (χ2v) is 6.25. The molecule has 6 heteroatoms. The molecular formula is C14H19BrN2O3. The molecule has 1 unspecified atom stereocenters. The van der Waals surface area contributed by atoms with Gasteiger partial charge in [-0.25, -0.2) is 9.78 Å². The van der Waals surface area contributed by atoms with E-state index in [4.69, 9.17) is 4.74 Å². The molecule has 1 aromatic heterocycles. The van der Waals surface area contributed by atoms with Crippen molar-refractivity contribution in [3.8, 4) is 0 Å². The molecule has 0 bridgehead atoms. The highest BCUT2D eigenvalue weighted by Crippen LogP contribution is 2.15. The maximum atomic E-state index is 12.2. The minimum atomic E-state index is -0.608. The van der Waals surface area contributed by atoms with Crippen LogP contribution in [0.4, 0.5) is 4.79 Å². The van der Waals surface area contributed by atoms with Crippen LogP contribution in [0.1, 0.15) is 33.4 Å². The Morgan fingerprint density at radius 2 is 2.15 bits per heavy atom. The van der Waals surface area contributed by atoms with Gasteiger partial charge in [-0.15, -0.1) is 0 Å². The lowest BCUT2D eigenvalue weighted by molar-refractivity contribution is -0.112. The number of pyridine rings is 1. The molecule has 1 atom stereocenters. The molecule has 0 N–H and O–H groups in total. The number of amides is 1. The Hall–Kier alpha value is -1.43. The van der Waals surface area contributed by atoms with Gasteiger partial charge in [0.15, 0.2) is 0 Å². The maximum Gasteiger partial charge on any atom is 0.411 e. The van der Waals surface area contributed by atoms with E-state index in [-0.39, 0.29) is 6.54 Å². The summed E-state index contributed by atoms with van der Waals surface area (Å²) in [6, 6.07) is 4.83. The van der Waals surface area contributed by atoms with Gasteiger partial charge in [-0.3, -0.25) is 4.90 Å². The van der Waals surface area contributed by atoms with Crippen molar-refractivity contribution in [3.05, 3.63) is 28.5 Å². The lowest BCUT2D eigenvalue weighted by atomic mass is 10.2. The van der Waals surface area contributed by atoms with E-state index < -0.39 is 17.7 Å². The van der Waals surface area contributed by atoms with E-state index in [0.29, 0.717) is 16.6 Å². The molecule has 0 radical (unpaired) electrons. The number of ether oxygens (including phenoxy) is 1. The van der Waals surface area contributed by atoms with E-state index in [2.05, 4.69) is 20.9 Å². The second kappa shape index (κ2) is 6.83. The molecule has 0 aliphatic rings. The predicted molar refractivity (Wildman–Crippen MR) is 79.2 cm³/mol. The van der Waals surface area contributed by atoms with Crippen LogP contribution in [0.5, 0.6) is 0 Å². The fraction of sp³-hybridized carbons (Fsp3) is 0.500. The molecule has 1 aromatic rings. The van der Waals surface area contributed by atoms with Gasteiger partial charge in [0, 0.05) is 0 Å². The zero-order valence-electron chi connectivity index (χ0n) is 12.1. The van der Waals surface area contributed by atoms with Gasteiger partial charge < -0.3 is 9.53 Å². The molecule has 0 aliphatic carbocycles. The molecule has 0 aromatic carbocycles. The number of carbonyl (C=O) groups is 2. The quantitative estimate of drug-likeness (QED) is 0.622. The summed E-state index contributed by atoms with van der Waals surface area (Å²) in [6.07, 6.45) is 0.181. The van der Waals surface area contributed by atoms with Crippen LogP contribution in [-0.2, 0) is 16.1 Å². The third kappa shape index (κ3) is 5.28. The summed E-state index contributed by atoms with van der Waals surface area (Å²) in [6.45, 7) is 7.22. The summed E-state index contributed by atoms with van der Waals surface area (Å²) in [4.78, 5) is 28.8. The summed E-state index contributed by atoms with van der Waals surface area (Å²) in [5.41, 5.74) is 0.0711. The molecule has 5 nitrogen and oxygen atoms in total.